The fourth-order valence-electron chi connectivity index (χ4n) is 2.21. The molecule has 0 aromatic carbocycles. The second kappa shape index (κ2) is 4.92. The average Bonchev–Trinajstić information content (AvgIpc) is 2.99. The van der Waals surface area contributed by atoms with Crippen LogP contribution in [-0.4, -0.2) is 22.6 Å². The van der Waals surface area contributed by atoms with E-state index in [1.165, 1.54) is 17.7 Å². The molecule has 17 heavy (non-hydrogen) atoms. The number of imidazole rings is 1. The number of nitrogens with one attached hydrogen (secondary N) is 2. The molecule has 0 saturated carbocycles. The lowest BCUT2D eigenvalue weighted by atomic mass is 10.1. The molecule has 1 atom stereocenters. The highest BCUT2D eigenvalue weighted by Gasteiger charge is 2.16. The molecule has 0 radical (unpaired) electrons. The fourth-order valence-corrected chi connectivity index (χ4v) is 3.57. The van der Waals surface area contributed by atoms with Crippen LogP contribution in [0.1, 0.15) is 18.7 Å². The highest BCUT2D eigenvalue weighted by atomic mass is 79.9. The molecule has 1 aliphatic heterocycles. The molecule has 0 bridgehead atoms. The first-order chi connectivity index (χ1) is 8.31. The average molecular weight is 312 g/mol. The number of hydrogen-bond donors (Lipinski definition) is 2. The van der Waals surface area contributed by atoms with Gasteiger partial charge >= 0.3 is 0 Å². The van der Waals surface area contributed by atoms with Crippen molar-refractivity contribution in [1.82, 2.24) is 15.3 Å². The molecular formula is C12H14BrN3S. The summed E-state index contributed by atoms with van der Waals surface area (Å²) in [5.41, 5.74) is 1.12. The predicted molar refractivity (Wildman–Crippen MR) is 74.3 cm³/mol. The van der Waals surface area contributed by atoms with Crippen molar-refractivity contribution in [3.05, 3.63) is 27.9 Å². The summed E-state index contributed by atoms with van der Waals surface area (Å²) >= 11 is 5.21. The van der Waals surface area contributed by atoms with Gasteiger partial charge in [0.25, 0.3) is 0 Å². The van der Waals surface area contributed by atoms with Crippen molar-refractivity contribution in [2.24, 2.45) is 0 Å². The summed E-state index contributed by atoms with van der Waals surface area (Å²) in [5.74, 6) is 1.09. The van der Waals surface area contributed by atoms with Crippen molar-refractivity contribution in [2.75, 3.05) is 6.54 Å². The normalized spacial score (nSPS) is 19.9. The van der Waals surface area contributed by atoms with Gasteiger partial charge in [0.1, 0.15) is 5.82 Å². The number of thiophene rings is 1. The van der Waals surface area contributed by atoms with Crippen LogP contribution >= 0.6 is 27.3 Å². The Bertz CT molecular complexity index is 499. The summed E-state index contributed by atoms with van der Waals surface area (Å²) in [5, 5.41) is 3.49. The molecule has 1 unspecified atom stereocenters. The highest BCUT2D eigenvalue weighted by Crippen LogP contribution is 2.30. The van der Waals surface area contributed by atoms with E-state index in [0.717, 1.165) is 28.3 Å². The van der Waals surface area contributed by atoms with E-state index in [2.05, 4.69) is 43.3 Å². The van der Waals surface area contributed by atoms with Crippen LogP contribution in [0.5, 0.6) is 0 Å². The molecule has 3 rings (SSSR count). The third-order valence-electron chi connectivity index (χ3n) is 3.07. The number of halogens is 1. The fraction of sp³-hybridized carbons (Fsp3) is 0.417. The number of hydrogen-bond acceptors (Lipinski definition) is 3. The molecule has 3 nitrogen and oxygen atoms in total. The minimum absolute atomic E-state index is 0.601. The van der Waals surface area contributed by atoms with Gasteiger partial charge in [0.15, 0.2) is 0 Å². The second-order valence-corrected chi connectivity index (χ2v) is 6.81. The Morgan fingerprint density at radius 1 is 1.47 bits per heavy atom. The minimum Gasteiger partial charge on any atom is -0.341 e. The van der Waals surface area contributed by atoms with Crippen LogP contribution in [0.3, 0.4) is 0 Å². The van der Waals surface area contributed by atoms with E-state index < -0.39 is 0 Å². The Morgan fingerprint density at radius 3 is 3.12 bits per heavy atom. The van der Waals surface area contributed by atoms with Crippen LogP contribution in [0.4, 0.5) is 0 Å². The molecule has 1 saturated heterocycles. The molecule has 0 amide bonds. The molecule has 2 aromatic rings. The summed E-state index contributed by atoms with van der Waals surface area (Å²) in [6.07, 6.45) is 5.49. The molecule has 90 valence electrons. The van der Waals surface area contributed by atoms with Crippen molar-refractivity contribution in [3.63, 3.8) is 0 Å². The smallest absolute Gasteiger partial charge is 0.108 e. The first-order valence-electron chi connectivity index (χ1n) is 5.84. The molecule has 3 heterocycles. The molecule has 2 aromatic heterocycles. The van der Waals surface area contributed by atoms with Crippen LogP contribution in [0.2, 0.25) is 0 Å². The minimum atomic E-state index is 0.601. The van der Waals surface area contributed by atoms with E-state index in [1.54, 1.807) is 11.3 Å². The van der Waals surface area contributed by atoms with Crippen LogP contribution in [0, 0.1) is 0 Å². The lowest BCUT2D eigenvalue weighted by molar-refractivity contribution is 0.589. The summed E-state index contributed by atoms with van der Waals surface area (Å²) in [6, 6.07) is 4.78. The Kier molecular flexibility index (Phi) is 3.31. The van der Waals surface area contributed by atoms with Crippen molar-refractivity contribution in [2.45, 2.75) is 25.3 Å². The van der Waals surface area contributed by atoms with E-state index in [0.29, 0.717) is 6.04 Å². The maximum atomic E-state index is 4.46. The predicted octanol–water partition coefficient (Wildman–Crippen LogP) is 3.20. The van der Waals surface area contributed by atoms with Gasteiger partial charge in [-0.05, 0) is 47.4 Å². The molecule has 0 spiro atoms. The standard InChI is InChI=1S/C12H14BrN3S/c13-11-4-3-10(17-11)9-7-15-12(16-9)6-8-2-1-5-14-8/h3-4,7-8,14H,1-2,5-6H2,(H,15,16). The van der Waals surface area contributed by atoms with Gasteiger partial charge in [0, 0.05) is 12.5 Å². The Labute approximate surface area is 113 Å². The van der Waals surface area contributed by atoms with Gasteiger partial charge in [0.05, 0.1) is 20.6 Å². The van der Waals surface area contributed by atoms with Crippen LogP contribution < -0.4 is 5.32 Å². The van der Waals surface area contributed by atoms with Crippen molar-refractivity contribution >= 4 is 27.3 Å². The first kappa shape index (κ1) is 11.4. The summed E-state index contributed by atoms with van der Waals surface area (Å²) in [4.78, 5) is 9.10. The van der Waals surface area contributed by atoms with Crippen molar-refractivity contribution in [1.29, 1.82) is 0 Å². The van der Waals surface area contributed by atoms with E-state index in [1.807, 2.05) is 6.20 Å². The van der Waals surface area contributed by atoms with Gasteiger partial charge in [-0.15, -0.1) is 11.3 Å². The molecular weight excluding hydrogens is 298 g/mol. The summed E-state index contributed by atoms with van der Waals surface area (Å²) in [6.45, 7) is 1.15. The van der Waals surface area contributed by atoms with Gasteiger partial charge < -0.3 is 10.3 Å². The van der Waals surface area contributed by atoms with Crippen molar-refractivity contribution < 1.29 is 0 Å². The molecule has 1 aliphatic rings. The number of aromatic nitrogens is 2. The third-order valence-corrected chi connectivity index (χ3v) is 4.73. The zero-order chi connectivity index (χ0) is 11.7. The monoisotopic (exact) mass is 311 g/mol. The molecule has 1 fully saturated rings. The van der Waals surface area contributed by atoms with Gasteiger partial charge in [0.2, 0.25) is 0 Å². The van der Waals surface area contributed by atoms with Crippen molar-refractivity contribution in [3.8, 4) is 10.6 Å². The van der Waals surface area contributed by atoms with E-state index in [9.17, 15) is 0 Å². The number of aromatic amines is 1. The van der Waals surface area contributed by atoms with Crippen LogP contribution in [-0.2, 0) is 6.42 Å². The Hall–Kier alpha value is -0.650. The SMILES string of the molecule is Brc1ccc(-c2cnc(CC3CCCN3)[nH]2)s1. The topological polar surface area (TPSA) is 40.7 Å². The molecule has 5 heteroatoms. The molecule has 2 N–H and O–H groups in total. The zero-order valence-electron chi connectivity index (χ0n) is 9.37. The van der Waals surface area contributed by atoms with E-state index in [4.69, 9.17) is 0 Å². The second-order valence-electron chi connectivity index (χ2n) is 4.34. The van der Waals surface area contributed by atoms with Gasteiger partial charge in [-0.3, -0.25) is 0 Å². The van der Waals surface area contributed by atoms with Crippen LogP contribution in [0.25, 0.3) is 10.6 Å². The lowest BCUT2D eigenvalue weighted by Crippen LogP contribution is -2.24. The number of rotatable bonds is 3. The number of nitrogens with zero attached hydrogens (tertiary/aromatic N) is 1. The Balaban J connectivity index is 1.73. The third kappa shape index (κ3) is 2.61. The van der Waals surface area contributed by atoms with Crippen LogP contribution in [0.15, 0.2) is 22.1 Å². The summed E-state index contributed by atoms with van der Waals surface area (Å²) in [7, 11) is 0. The van der Waals surface area contributed by atoms with Gasteiger partial charge in [-0.2, -0.15) is 0 Å². The highest BCUT2D eigenvalue weighted by molar-refractivity contribution is 9.11. The Morgan fingerprint density at radius 2 is 2.41 bits per heavy atom. The zero-order valence-corrected chi connectivity index (χ0v) is 11.8. The lowest BCUT2D eigenvalue weighted by Gasteiger charge is -2.06. The maximum absolute atomic E-state index is 4.46. The number of H-pyrrole nitrogens is 1. The van der Waals surface area contributed by atoms with E-state index >= 15 is 0 Å². The van der Waals surface area contributed by atoms with Gasteiger partial charge in [-0.25, -0.2) is 4.98 Å². The maximum Gasteiger partial charge on any atom is 0.108 e. The summed E-state index contributed by atoms with van der Waals surface area (Å²) < 4.78 is 1.15. The first-order valence-corrected chi connectivity index (χ1v) is 7.45. The van der Waals surface area contributed by atoms with Gasteiger partial charge in [-0.1, -0.05) is 0 Å². The molecule has 0 aliphatic carbocycles. The van der Waals surface area contributed by atoms with E-state index in [-0.39, 0.29) is 0 Å². The largest absolute Gasteiger partial charge is 0.341 e. The quantitative estimate of drug-likeness (QED) is 0.914.